The average Bonchev–Trinajstić information content (AvgIpc) is 2.39. The Kier molecular flexibility index (Phi) is 5.18. The Hall–Kier alpha value is -1.35. The van der Waals surface area contributed by atoms with Crippen LogP contribution in [-0.4, -0.2) is 37.0 Å². The summed E-state index contributed by atoms with van der Waals surface area (Å²) in [4.78, 5) is 16.7. The zero-order valence-electron chi connectivity index (χ0n) is 12.9. The molecule has 1 unspecified atom stereocenters. The lowest BCUT2D eigenvalue weighted by molar-refractivity contribution is -0.120. The SMILES string of the molecule is CCN(C(=O)CN1CCCC(C)C1)c1cccc(C)c1. The summed E-state index contributed by atoms with van der Waals surface area (Å²) < 4.78 is 0. The Balaban J connectivity index is 2.02. The molecule has 110 valence electrons. The van der Waals surface area contributed by atoms with Gasteiger partial charge < -0.3 is 4.90 Å². The van der Waals surface area contributed by atoms with Crippen LogP contribution in [0, 0.1) is 12.8 Å². The first-order valence-electron chi connectivity index (χ1n) is 7.69. The molecule has 0 radical (unpaired) electrons. The van der Waals surface area contributed by atoms with Gasteiger partial charge in [-0.15, -0.1) is 0 Å². The lowest BCUT2D eigenvalue weighted by atomic mass is 10.0. The molecule has 1 saturated heterocycles. The van der Waals surface area contributed by atoms with Crippen LogP contribution in [0.3, 0.4) is 0 Å². The van der Waals surface area contributed by atoms with E-state index in [9.17, 15) is 4.79 Å². The summed E-state index contributed by atoms with van der Waals surface area (Å²) >= 11 is 0. The molecule has 3 nitrogen and oxygen atoms in total. The van der Waals surface area contributed by atoms with Gasteiger partial charge in [0.25, 0.3) is 0 Å². The highest BCUT2D eigenvalue weighted by molar-refractivity contribution is 5.94. The molecular weight excluding hydrogens is 248 g/mol. The fourth-order valence-electron chi connectivity index (χ4n) is 3.01. The normalized spacial score (nSPS) is 19.9. The quantitative estimate of drug-likeness (QED) is 0.842. The minimum Gasteiger partial charge on any atom is -0.312 e. The summed E-state index contributed by atoms with van der Waals surface area (Å²) in [6.07, 6.45) is 2.51. The van der Waals surface area contributed by atoms with Gasteiger partial charge in [0, 0.05) is 18.8 Å². The molecule has 0 N–H and O–H groups in total. The van der Waals surface area contributed by atoms with Crippen LogP contribution >= 0.6 is 0 Å². The second-order valence-electron chi connectivity index (χ2n) is 5.96. The maximum Gasteiger partial charge on any atom is 0.241 e. The van der Waals surface area contributed by atoms with Crippen molar-refractivity contribution in [1.82, 2.24) is 4.90 Å². The Morgan fingerprint density at radius 3 is 2.90 bits per heavy atom. The molecule has 2 rings (SSSR count). The molecule has 0 spiro atoms. The average molecular weight is 274 g/mol. The molecule has 1 aliphatic rings. The van der Waals surface area contributed by atoms with Crippen LogP contribution in [-0.2, 0) is 4.79 Å². The van der Waals surface area contributed by atoms with E-state index in [0.717, 1.165) is 25.3 Å². The minimum absolute atomic E-state index is 0.215. The number of piperidine rings is 1. The largest absolute Gasteiger partial charge is 0.312 e. The molecule has 1 heterocycles. The van der Waals surface area contributed by atoms with E-state index in [1.54, 1.807) is 0 Å². The van der Waals surface area contributed by atoms with Crippen molar-refractivity contribution >= 4 is 11.6 Å². The van der Waals surface area contributed by atoms with Crippen molar-refractivity contribution in [3.63, 3.8) is 0 Å². The van der Waals surface area contributed by atoms with Crippen LogP contribution in [0.25, 0.3) is 0 Å². The van der Waals surface area contributed by atoms with Crippen molar-refractivity contribution in [1.29, 1.82) is 0 Å². The predicted molar refractivity (Wildman–Crippen MR) is 84.0 cm³/mol. The molecule has 0 aromatic heterocycles. The van der Waals surface area contributed by atoms with Crippen molar-refractivity contribution in [3.8, 4) is 0 Å². The molecule has 0 aliphatic carbocycles. The van der Waals surface area contributed by atoms with E-state index in [-0.39, 0.29) is 5.91 Å². The van der Waals surface area contributed by atoms with Gasteiger partial charge in [-0.1, -0.05) is 19.1 Å². The van der Waals surface area contributed by atoms with Crippen LogP contribution in [0.5, 0.6) is 0 Å². The van der Waals surface area contributed by atoms with E-state index in [0.29, 0.717) is 12.5 Å². The zero-order chi connectivity index (χ0) is 14.5. The van der Waals surface area contributed by atoms with Gasteiger partial charge in [0.05, 0.1) is 6.54 Å². The number of likely N-dealkylation sites (N-methyl/N-ethyl adjacent to an activating group) is 1. The molecule has 1 fully saturated rings. The van der Waals surface area contributed by atoms with Crippen LogP contribution < -0.4 is 4.90 Å². The maximum absolute atomic E-state index is 12.5. The minimum atomic E-state index is 0.215. The highest BCUT2D eigenvalue weighted by atomic mass is 16.2. The van der Waals surface area contributed by atoms with Gasteiger partial charge in [-0.2, -0.15) is 0 Å². The standard InChI is InChI=1S/C17H26N2O/c1-4-19(16-9-5-7-14(2)11-16)17(20)13-18-10-6-8-15(3)12-18/h5,7,9,11,15H,4,6,8,10,12-13H2,1-3H3. The number of nitrogens with zero attached hydrogens (tertiary/aromatic N) is 2. The number of likely N-dealkylation sites (tertiary alicyclic amines) is 1. The molecule has 1 aromatic carbocycles. The van der Waals surface area contributed by atoms with E-state index in [2.05, 4.69) is 30.9 Å². The third-order valence-electron chi connectivity index (χ3n) is 4.03. The Morgan fingerprint density at radius 1 is 1.45 bits per heavy atom. The van der Waals surface area contributed by atoms with Crippen LogP contribution in [0.1, 0.15) is 32.3 Å². The van der Waals surface area contributed by atoms with Crippen LogP contribution in [0.15, 0.2) is 24.3 Å². The van der Waals surface area contributed by atoms with Gasteiger partial charge in [0.15, 0.2) is 0 Å². The first-order chi connectivity index (χ1) is 9.60. The van der Waals surface area contributed by atoms with Crippen molar-refractivity contribution in [3.05, 3.63) is 29.8 Å². The lowest BCUT2D eigenvalue weighted by Gasteiger charge is -2.32. The van der Waals surface area contributed by atoms with E-state index in [1.807, 2.05) is 24.0 Å². The van der Waals surface area contributed by atoms with Gasteiger partial charge >= 0.3 is 0 Å². The van der Waals surface area contributed by atoms with Crippen LogP contribution in [0.2, 0.25) is 0 Å². The van der Waals surface area contributed by atoms with Crippen molar-refractivity contribution in [2.45, 2.75) is 33.6 Å². The van der Waals surface area contributed by atoms with Crippen LogP contribution in [0.4, 0.5) is 5.69 Å². The number of carbonyl (C=O) groups excluding carboxylic acids is 1. The molecule has 0 saturated carbocycles. The number of amides is 1. The van der Waals surface area contributed by atoms with Crippen molar-refractivity contribution in [2.75, 3.05) is 31.1 Å². The molecule has 1 amide bonds. The molecule has 0 bridgehead atoms. The second kappa shape index (κ2) is 6.89. The van der Waals surface area contributed by atoms with Crippen molar-refractivity contribution < 1.29 is 4.79 Å². The number of anilines is 1. The van der Waals surface area contributed by atoms with E-state index < -0.39 is 0 Å². The predicted octanol–water partition coefficient (Wildman–Crippen LogP) is 3.08. The Morgan fingerprint density at radius 2 is 2.25 bits per heavy atom. The number of benzene rings is 1. The molecule has 20 heavy (non-hydrogen) atoms. The third-order valence-corrected chi connectivity index (χ3v) is 4.03. The molecule has 1 aliphatic heterocycles. The summed E-state index contributed by atoms with van der Waals surface area (Å²) in [7, 11) is 0. The van der Waals surface area contributed by atoms with E-state index >= 15 is 0 Å². The topological polar surface area (TPSA) is 23.6 Å². The highest BCUT2D eigenvalue weighted by Crippen LogP contribution is 2.18. The highest BCUT2D eigenvalue weighted by Gasteiger charge is 2.21. The third kappa shape index (κ3) is 3.83. The summed E-state index contributed by atoms with van der Waals surface area (Å²) in [6, 6.07) is 8.19. The number of aryl methyl sites for hydroxylation is 1. The Labute approximate surface area is 122 Å². The summed E-state index contributed by atoms with van der Waals surface area (Å²) in [5.74, 6) is 0.929. The van der Waals surface area contributed by atoms with Gasteiger partial charge in [-0.25, -0.2) is 0 Å². The van der Waals surface area contributed by atoms with Gasteiger partial charge in [0.2, 0.25) is 5.91 Å². The summed E-state index contributed by atoms with van der Waals surface area (Å²) in [5.41, 5.74) is 2.21. The number of hydrogen-bond donors (Lipinski definition) is 0. The number of carbonyl (C=O) groups is 1. The second-order valence-corrected chi connectivity index (χ2v) is 5.96. The zero-order valence-corrected chi connectivity index (χ0v) is 12.9. The van der Waals surface area contributed by atoms with E-state index in [4.69, 9.17) is 0 Å². The number of hydrogen-bond acceptors (Lipinski definition) is 2. The fraction of sp³-hybridized carbons (Fsp3) is 0.588. The molecule has 3 heteroatoms. The molecular formula is C17H26N2O. The summed E-state index contributed by atoms with van der Waals surface area (Å²) in [5, 5.41) is 0. The first-order valence-corrected chi connectivity index (χ1v) is 7.69. The Bertz CT molecular complexity index is 458. The smallest absolute Gasteiger partial charge is 0.241 e. The van der Waals surface area contributed by atoms with Gasteiger partial charge in [-0.05, 0) is 56.8 Å². The van der Waals surface area contributed by atoms with E-state index in [1.165, 1.54) is 18.4 Å². The summed E-state index contributed by atoms with van der Waals surface area (Å²) in [6.45, 7) is 9.76. The van der Waals surface area contributed by atoms with Crippen molar-refractivity contribution in [2.24, 2.45) is 5.92 Å². The maximum atomic E-state index is 12.5. The molecule has 1 atom stereocenters. The van der Waals surface area contributed by atoms with Gasteiger partial charge in [0.1, 0.15) is 0 Å². The molecule has 1 aromatic rings. The number of rotatable bonds is 4. The monoisotopic (exact) mass is 274 g/mol. The van der Waals surface area contributed by atoms with Gasteiger partial charge in [-0.3, -0.25) is 9.69 Å². The fourth-order valence-corrected chi connectivity index (χ4v) is 3.01. The lowest BCUT2D eigenvalue weighted by Crippen LogP contribution is -2.44. The first kappa shape index (κ1) is 15.0.